The van der Waals surface area contributed by atoms with Crippen LogP contribution < -0.4 is 14.8 Å². The molecule has 2 aromatic carbocycles. The molecule has 0 fully saturated rings. The van der Waals surface area contributed by atoms with Crippen LogP contribution >= 0.6 is 0 Å². The number of hydrogen-bond acceptors (Lipinski definition) is 6. The van der Waals surface area contributed by atoms with Gasteiger partial charge in [0.2, 0.25) is 10.0 Å². The Hall–Kier alpha value is -2.91. The number of amides is 1. The zero-order valence-electron chi connectivity index (χ0n) is 15.6. The van der Waals surface area contributed by atoms with Crippen LogP contribution in [0.1, 0.15) is 15.9 Å². The largest absolute Gasteiger partial charge is 0.495 e. The zero-order chi connectivity index (χ0) is 20.6. The van der Waals surface area contributed by atoms with Gasteiger partial charge in [0.25, 0.3) is 5.91 Å². The molecule has 1 amide bonds. The molecule has 28 heavy (non-hydrogen) atoms. The first-order valence-corrected chi connectivity index (χ1v) is 9.95. The quantitative estimate of drug-likeness (QED) is 0.604. The number of benzene rings is 2. The van der Waals surface area contributed by atoms with Gasteiger partial charge in [-0.3, -0.25) is 4.79 Å². The summed E-state index contributed by atoms with van der Waals surface area (Å²) < 4.78 is 36.2. The minimum atomic E-state index is -3.83. The first kappa shape index (κ1) is 21.4. The maximum Gasteiger partial charge on any atom is 0.338 e. The summed E-state index contributed by atoms with van der Waals surface area (Å²) in [6.45, 7) is -0.0543. The van der Waals surface area contributed by atoms with Crippen LogP contribution in [-0.2, 0) is 26.0 Å². The standard InChI is InChI=1S/C19H22N2O6S/c1-20-28(24,25)17-12-15(8-9-16(17)26-2)19(23)27-13-18(22)21-11-10-14-6-4-3-5-7-14/h3-9,12,20H,10-11,13H2,1-2H3,(H,21,22). The van der Waals surface area contributed by atoms with Crippen molar-refractivity contribution in [2.45, 2.75) is 11.3 Å². The van der Waals surface area contributed by atoms with E-state index in [2.05, 4.69) is 10.0 Å². The second-order valence-corrected chi connectivity index (χ2v) is 7.59. The summed E-state index contributed by atoms with van der Waals surface area (Å²) in [7, 11) is -1.26. The van der Waals surface area contributed by atoms with E-state index in [1.165, 1.54) is 26.3 Å². The highest BCUT2D eigenvalue weighted by molar-refractivity contribution is 7.89. The molecule has 0 aromatic heterocycles. The van der Waals surface area contributed by atoms with Gasteiger partial charge in [0.05, 0.1) is 12.7 Å². The van der Waals surface area contributed by atoms with E-state index in [9.17, 15) is 18.0 Å². The Balaban J connectivity index is 1.92. The van der Waals surface area contributed by atoms with Gasteiger partial charge in [-0.15, -0.1) is 0 Å². The van der Waals surface area contributed by atoms with Crippen molar-refractivity contribution in [1.82, 2.24) is 10.0 Å². The van der Waals surface area contributed by atoms with Crippen molar-refractivity contribution in [3.8, 4) is 5.75 Å². The molecule has 0 aliphatic rings. The summed E-state index contributed by atoms with van der Waals surface area (Å²) in [5.41, 5.74) is 1.07. The maximum atomic E-state index is 12.2. The lowest BCUT2D eigenvalue weighted by atomic mass is 10.1. The van der Waals surface area contributed by atoms with E-state index in [0.29, 0.717) is 13.0 Å². The van der Waals surface area contributed by atoms with Gasteiger partial charge in [0, 0.05) is 6.54 Å². The fourth-order valence-electron chi connectivity index (χ4n) is 2.38. The second kappa shape index (κ2) is 9.86. The van der Waals surface area contributed by atoms with Crippen LogP contribution in [0.2, 0.25) is 0 Å². The third-order valence-corrected chi connectivity index (χ3v) is 5.31. The van der Waals surface area contributed by atoms with Crippen LogP contribution in [0.4, 0.5) is 0 Å². The predicted molar refractivity (Wildman–Crippen MR) is 103 cm³/mol. The molecule has 0 bridgehead atoms. The van der Waals surface area contributed by atoms with E-state index in [1.54, 1.807) is 0 Å². The second-order valence-electron chi connectivity index (χ2n) is 5.73. The third kappa shape index (κ3) is 5.80. The molecule has 2 N–H and O–H groups in total. The fraction of sp³-hybridized carbons (Fsp3) is 0.263. The van der Waals surface area contributed by atoms with Crippen LogP contribution in [0, 0.1) is 0 Å². The summed E-state index contributed by atoms with van der Waals surface area (Å²) in [4.78, 5) is 23.8. The van der Waals surface area contributed by atoms with Crippen LogP contribution in [0.25, 0.3) is 0 Å². The number of nitrogens with one attached hydrogen (secondary N) is 2. The van der Waals surface area contributed by atoms with Crippen molar-refractivity contribution < 1.29 is 27.5 Å². The van der Waals surface area contributed by atoms with E-state index in [4.69, 9.17) is 9.47 Å². The molecule has 0 saturated heterocycles. The normalized spacial score (nSPS) is 10.9. The summed E-state index contributed by atoms with van der Waals surface area (Å²) in [6, 6.07) is 13.5. The van der Waals surface area contributed by atoms with E-state index in [-0.39, 0.29) is 16.2 Å². The van der Waals surface area contributed by atoms with Crippen molar-refractivity contribution in [2.75, 3.05) is 27.3 Å². The number of carbonyl (C=O) groups is 2. The topological polar surface area (TPSA) is 111 Å². The molecular formula is C19H22N2O6S. The SMILES string of the molecule is CNS(=O)(=O)c1cc(C(=O)OCC(=O)NCCc2ccccc2)ccc1OC. The number of carbonyl (C=O) groups excluding carboxylic acids is 2. The molecule has 0 heterocycles. The Morgan fingerprint density at radius 2 is 1.79 bits per heavy atom. The lowest BCUT2D eigenvalue weighted by Crippen LogP contribution is -2.30. The van der Waals surface area contributed by atoms with Crippen molar-refractivity contribution in [2.24, 2.45) is 0 Å². The highest BCUT2D eigenvalue weighted by Crippen LogP contribution is 2.24. The Kier molecular flexibility index (Phi) is 7.53. The Bertz CT molecular complexity index is 929. The van der Waals surface area contributed by atoms with E-state index in [1.807, 2.05) is 30.3 Å². The van der Waals surface area contributed by atoms with Gasteiger partial charge in [-0.1, -0.05) is 30.3 Å². The number of sulfonamides is 1. The van der Waals surface area contributed by atoms with Gasteiger partial charge in [-0.2, -0.15) is 0 Å². The third-order valence-electron chi connectivity index (χ3n) is 3.87. The van der Waals surface area contributed by atoms with Crippen LogP contribution in [0.5, 0.6) is 5.75 Å². The summed E-state index contributed by atoms with van der Waals surface area (Å²) in [6.07, 6.45) is 0.657. The summed E-state index contributed by atoms with van der Waals surface area (Å²) in [5.74, 6) is -1.17. The number of esters is 1. The lowest BCUT2D eigenvalue weighted by molar-refractivity contribution is -0.124. The number of methoxy groups -OCH3 is 1. The molecule has 150 valence electrons. The molecule has 0 aliphatic heterocycles. The predicted octanol–water partition coefficient (Wildman–Crippen LogP) is 1.12. The van der Waals surface area contributed by atoms with Crippen molar-refractivity contribution >= 4 is 21.9 Å². The Labute approximate surface area is 163 Å². The first-order valence-electron chi connectivity index (χ1n) is 8.46. The molecule has 0 spiro atoms. The molecule has 2 rings (SSSR count). The van der Waals surface area contributed by atoms with Crippen LogP contribution in [-0.4, -0.2) is 47.6 Å². The van der Waals surface area contributed by atoms with Gasteiger partial charge in [0.1, 0.15) is 10.6 Å². The molecule has 2 aromatic rings. The fourth-order valence-corrected chi connectivity index (χ4v) is 3.30. The zero-order valence-corrected chi connectivity index (χ0v) is 16.4. The molecule has 8 nitrogen and oxygen atoms in total. The van der Waals surface area contributed by atoms with E-state index < -0.39 is 28.5 Å². The van der Waals surface area contributed by atoms with Gasteiger partial charge < -0.3 is 14.8 Å². The van der Waals surface area contributed by atoms with Gasteiger partial charge in [-0.25, -0.2) is 17.9 Å². The minimum absolute atomic E-state index is 0.00768. The number of hydrogen-bond donors (Lipinski definition) is 2. The van der Waals surface area contributed by atoms with Gasteiger partial charge >= 0.3 is 5.97 Å². The van der Waals surface area contributed by atoms with E-state index >= 15 is 0 Å². The van der Waals surface area contributed by atoms with Crippen LogP contribution in [0.15, 0.2) is 53.4 Å². The summed E-state index contributed by atoms with van der Waals surface area (Å²) in [5, 5.41) is 2.66. The molecular weight excluding hydrogens is 384 g/mol. The number of rotatable bonds is 9. The van der Waals surface area contributed by atoms with Crippen molar-refractivity contribution in [3.63, 3.8) is 0 Å². The molecule has 0 atom stereocenters. The molecule has 0 radical (unpaired) electrons. The van der Waals surface area contributed by atoms with E-state index in [0.717, 1.165) is 11.6 Å². The highest BCUT2D eigenvalue weighted by atomic mass is 32.2. The highest BCUT2D eigenvalue weighted by Gasteiger charge is 2.21. The van der Waals surface area contributed by atoms with Crippen molar-refractivity contribution in [3.05, 3.63) is 59.7 Å². The smallest absolute Gasteiger partial charge is 0.338 e. The molecule has 9 heteroatoms. The molecule has 0 unspecified atom stereocenters. The molecule has 0 aliphatic carbocycles. The van der Waals surface area contributed by atoms with Crippen molar-refractivity contribution in [1.29, 1.82) is 0 Å². The maximum absolute atomic E-state index is 12.2. The van der Waals surface area contributed by atoms with Crippen LogP contribution in [0.3, 0.4) is 0 Å². The Morgan fingerprint density at radius 1 is 1.07 bits per heavy atom. The van der Waals surface area contributed by atoms with Gasteiger partial charge in [-0.05, 0) is 37.2 Å². The average molecular weight is 406 g/mol. The summed E-state index contributed by atoms with van der Waals surface area (Å²) >= 11 is 0. The minimum Gasteiger partial charge on any atom is -0.495 e. The first-order chi connectivity index (χ1) is 13.4. The average Bonchev–Trinajstić information content (AvgIpc) is 2.72. The van der Waals surface area contributed by atoms with Gasteiger partial charge in [0.15, 0.2) is 6.61 Å². The number of ether oxygens (including phenoxy) is 2. The lowest BCUT2D eigenvalue weighted by Gasteiger charge is -2.11. The molecule has 0 saturated carbocycles. The Morgan fingerprint density at radius 3 is 2.43 bits per heavy atom. The monoisotopic (exact) mass is 406 g/mol.